The number of pyridine rings is 1. The summed E-state index contributed by atoms with van der Waals surface area (Å²) in [5.74, 6) is -2.13. The van der Waals surface area contributed by atoms with E-state index in [0.717, 1.165) is 6.20 Å². The molecular formula is C13H13N3O5. The molecule has 1 amide bonds. The maximum atomic E-state index is 12.1. The number of fused-ring (bicyclic) bond motifs is 1. The summed E-state index contributed by atoms with van der Waals surface area (Å²) in [4.78, 5) is 39.0. The number of carboxylic acid groups (broad SMARTS) is 1. The number of hydrogen-bond donors (Lipinski definition) is 3. The molecule has 0 radical (unpaired) electrons. The van der Waals surface area contributed by atoms with Gasteiger partial charge in [-0.15, -0.1) is 0 Å². The van der Waals surface area contributed by atoms with Gasteiger partial charge in [0.1, 0.15) is 17.3 Å². The molecule has 0 spiro atoms. The van der Waals surface area contributed by atoms with Crippen LogP contribution in [-0.2, 0) is 4.79 Å². The Labute approximate surface area is 118 Å². The third-order valence-electron chi connectivity index (χ3n) is 2.88. The quantitative estimate of drug-likeness (QED) is 0.667. The summed E-state index contributed by atoms with van der Waals surface area (Å²) < 4.78 is 1.19. The van der Waals surface area contributed by atoms with Gasteiger partial charge in [0.25, 0.3) is 11.5 Å². The van der Waals surface area contributed by atoms with Gasteiger partial charge in [-0.25, -0.2) is 9.78 Å². The second kappa shape index (κ2) is 6.14. The van der Waals surface area contributed by atoms with Crippen molar-refractivity contribution in [3.63, 3.8) is 0 Å². The highest BCUT2D eigenvalue weighted by Crippen LogP contribution is 1.99. The Morgan fingerprint density at radius 3 is 2.81 bits per heavy atom. The van der Waals surface area contributed by atoms with Crippen LogP contribution < -0.4 is 10.9 Å². The lowest BCUT2D eigenvalue weighted by Crippen LogP contribution is -2.43. The van der Waals surface area contributed by atoms with E-state index in [2.05, 4.69) is 10.3 Å². The van der Waals surface area contributed by atoms with E-state index in [1.165, 1.54) is 10.6 Å². The summed E-state index contributed by atoms with van der Waals surface area (Å²) in [7, 11) is 0. The van der Waals surface area contributed by atoms with Crippen molar-refractivity contribution >= 4 is 17.5 Å². The molecule has 0 saturated carbocycles. The molecule has 0 bridgehead atoms. The van der Waals surface area contributed by atoms with Gasteiger partial charge in [0.05, 0.1) is 0 Å². The lowest BCUT2D eigenvalue weighted by Gasteiger charge is -2.12. The number of hydrogen-bond acceptors (Lipinski definition) is 5. The van der Waals surface area contributed by atoms with Crippen molar-refractivity contribution in [1.82, 2.24) is 14.7 Å². The number of aromatic nitrogens is 2. The number of carbonyl (C=O) groups excluding carboxylic acids is 1. The molecule has 110 valence electrons. The van der Waals surface area contributed by atoms with E-state index in [1.54, 1.807) is 18.2 Å². The normalized spacial score (nSPS) is 12.0. The molecule has 21 heavy (non-hydrogen) atoms. The molecule has 2 aromatic rings. The lowest BCUT2D eigenvalue weighted by atomic mass is 10.2. The van der Waals surface area contributed by atoms with Crippen LogP contribution in [0.2, 0.25) is 0 Å². The minimum atomic E-state index is -1.29. The van der Waals surface area contributed by atoms with Crippen molar-refractivity contribution in [2.75, 3.05) is 6.61 Å². The van der Waals surface area contributed by atoms with Crippen molar-refractivity contribution in [3.05, 3.63) is 46.5 Å². The van der Waals surface area contributed by atoms with Crippen molar-refractivity contribution in [2.24, 2.45) is 0 Å². The van der Waals surface area contributed by atoms with E-state index in [-0.39, 0.29) is 12.0 Å². The molecule has 1 atom stereocenters. The van der Waals surface area contributed by atoms with Crippen LogP contribution in [0.4, 0.5) is 0 Å². The lowest BCUT2D eigenvalue weighted by molar-refractivity contribution is -0.139. The van der Waals surface area contributed by atoms with E-state index in [4.69, 9.17) is 10.2 Å². The fourth-order valence-electron chi connectivity index (χ4n) is 1.80. The van der Waals surface area contributed by atoms with Crippen molar-refractivity contribution in [3.8, 4) is 0 Å². The standard InChI is InChI=1S/C13H13N3O5/c17-6-4-9(13(20)21)15-11(18)8-7-14-10-3-1-2-5-16(10)12(8)19/h1-3,5,7,9,17H,4,6H2,(H,15,18)(H,20,21)/t9-/m0/s1. The third kappa shape index (κ3) is 3.06. The zero-order valence-corrected chi connectivity index (χ0v) is 10.9. The summed E-state index contributed by atoms with van der Waals surface area (Å²) in [6.07, 6.45) is 2.41. The highest BCUT2D eigenvalue weighted by atomic mass is 16.4. The topological polar surface area (TPSA) is 121 Å². The van der Waals surface area contributed by atoms with Crippen LogP contribution in [0.1, 0.15) is 16.8 Å². The van der Waals surface area contributed by atoms with Gasteiger partial charge in [0.2, 0.25) is 0 Å². The molecule has 0 unspecified atom stereocenters. The van der Waals surface area contributed by atoms with Gasteiger partial charge in [0, 0.05) is 25.4 Å². The SMILES string of the molecule is O=C(N[C@@H](CCO)C(=O)O)c1cnc2ccccn2c1=O. The molecule has 8 heteroatoms. The van der Waals surface area contributed by atoms with Crippen molar-refractivity contribution in [1.29, 1.82) is 0 Å². The van der Waals surface area contributed by atoms with Crippen LogP contribution in [-0.4, -0.2) is 44.1 Å². The second-order valence-corrected chi connectivity index (χ2v) is 4.28. The first-order chi connectivity index (χ1) is 10.0. The molecule has 0 aliphatic heterocycles. The highest BCUT2D eigenvalue weighted by Gasteiger charge is 2.22. The Balaban J connectivity index is 2.33. The number of aliphatic hydroxyl groups is 1. The van der Waals surface area contributed by atoms with E-state index in [1.807, 2.05) is 0 Å². The summed E-state index contributed by atoms with van der Waals surface area (Å²) >= 11 is 0. The first-order valence-electron chi connectivity index (χ1n) is 6.15. The predicted molar refractivity (Wildman–Crippen MR) is 72.1 cm³/mol. The van der Waals surface area contributed by atoms with Gasteiger partial charge in [-0.2, -0.15) is 0 Å². The first kappa shape index (κ1) is 14.7. The zero-order valence-electron chi connectivity index (χ0n) is 10.9. The van der Waals surface area contributed by atoms with Crippen LogP contribution in [0.3, 0.4) is 0 Å². The second-order valence-electron chi connectivity index (χ2n) is 4.28. The molecule has 3 N–H and O–H groups in total. The molecule has 2 heterocycles. The zero-order chi connectivity index (χ0) is 15.4. The van der Waals surface area contributed by atoms with Gasteiger partial charge in [-0.1, -0.05) is 6.07 Å². The van der Waals surface area contributed by atoms with Crippen LogP contribution in [0, 0.1) is 0 Å². The molecule has 2 aromatic heterocycles. The average molecular weight is 291 g/mol. The molecule has 0 saturated heterocycles. The maximum Gasteiger partial charge on any atom is 0.326 e. The largest absolute Gasteiger partial charge is 0.480 e. The predicted octanol–water partition coefficient (Wildman–Crippen LogP) is -0.740. The highest BCUT2D eigenvalue weighted by molar-refractivity contribution is 5.96. The van der Waals surface area contributed by atoms with Gasteiger partial charge >= 0.3 is 5.97 Å². The summed E-state index contributed by atoms with van der Waals surface area (Å²) in [6, 6.07) is 3.65. The van der Waals surface area contributed by atoms with Crippen molar-refractivity contribution in [2.45, 2.75) is 12.5 Å². The Hall–Kier alpha value is -2.74. The summed E-state index contributed by atoms with van der Waals surface area (Å²) in [5.41, 5.74) is -0.474. The monoisotopic (exact) mass is 291 g/mol. The summed E-state index contributed by atoms with van der Waals surface area (Å²) in [5, 5.41) is 19.9. The molecule has 8 nitrogen and oxygen atoms in total. The van der Waals surface area contributed by atoms with E-state index < -0.39 is 30.1 Å². The Morgan fingerprint density at radius 1 is 1.38 bits per heavy atom. The number of amides is 1. The number of carboxylic acids is 1. The van der Waals surface area contributed by atoms with E-state index >= 15 is 0 Å². The number of nitrogens with zero attached hydrogens (tertiary/aromatic N) is 2. The minimum absolute atomic E-state index is 0.149. The third-order valence-corrected chi connectivity index (χ3v) is 2.88. The molecule has 2 rings (SSSR count). The molecular weight excluding hydrogens is 278 g/mol. The number of aliphatic carboxylic acids is 1. The smallest absolute Gasteiger partial charge is 0.326 e. The molecule has 0 aliphatic carbocycles. The number of nitrogens with one attached hydrogen (secondary N) is 1. The molecule has 0 fully saturated rings. The fraction of sp³-hybridized carbons (Fsp3) is 0.231. The van der Waals surface area contributed by atoms with Crippen LogP contribution in [0.5, 0.6) is 0 Å². The summed E-state index contributed by atoms with van der Waals surface area (Å²) in [6.45, 7) is -0.397. The van der Waals surface area contributed by atoms with E-state index in [0.29, 0.717) is 5.65 Å². The number of rotatable bonds is 5. The fourth-order valence-corrected chi connectivity index (χ4v) is 1.80. The average Bonchev–Trinajstić information content (AvgIpc) is 2.47. The molecule has 0 aliphatic rings. The van der Waals surface area contributed by atoms with E-state index in [9.17, 15) is 14.4 Å². The van der Waals surface area contributed by atoms with Gasteiger partial charge in [0.15, 0.2) is 0 Å². The van der Waals surface area contributed by atoms with Gasteiger partial charge < -0.3 is 15.5 Å². The Kier molecular flexibility index (Phi) is 4.29. The molecule has 0 aromatic carbocycles. The number of carbonyl (C=O) groups is 2. The van der Waals surface area contributed by atoms with Crippen LogP contribution in [0.15, 0.2) is 35.4 Å². The van der Waals surface area contributed by atoms with Gasteiger partial charge in [-0.3, -0.25) is 14.0 Å². The van der Waals surface area contributed by atoms with Crippen molar-refractivity contribution < 1.29 is 19.8 Å². The Morgan fingerprint density at radius 2 is 2.14 bits per heavy atom. The van der Waals surface area contributed by atoms with Crippen LogP contribution in [0.25, 0.3) is 5.65 Å². The number of aliphatic hydroxyl groups excluding tert-OH is 1. The van der Waals surface area contributed by atoms with Crippen LogP contribution >= 0.6 is 0 Å². The maximum absolute atomic E-state index is 12.1. The first-order valence-corrected chi connectivity index (χ1v) is 6.15. The Bertz CT molecular complexity index is 740. The minimum Gasteiger partial charge on any atom is -0.480 e. The van der Waals surface area contributed by atoms with Gasteiger partial charge in [-0.05, 0) is 12.1 Å².